The maximum absolute atomic E-state index is 3.25. The highest BCUT2D eigenvalue weighted by molar-refractivity contribution is 7.99. The zero-order chi connectivity index (χ0) is 14.2. The standard InChI is InChI=1S/C18H21NS/c1-15(19-2)17-10-12-18(13-11-17)20-14-6-9-16-7-4-3-5-8-16/h3-13,15,19H,14H2,1-2H3. The van der Waals surface area contributed by atoms with Crippen molar-refractivity contribution in [3.63, 3.8) is 0 Å². The third kappa shape index (κ3) is 4.55. The summed E-state index contributed by atoms with van der Waals surface area (Å²) in [6, 6.07) is 19.6. The van der Waals surface area contributed by atoms with E-state index in [2.05, 4.69) is 72.9 Å². The van der Waals surface area contributed by atoms with Crippen LogP contribution in [0.5, 0.6) is 0 Å². The Kier molecular flexibility index (Phi) is 5.90. The van der Waals surface area contributed by atoms with Gasteiger partial charge >= 0.3 is 0 Å². The van der Waals surface area contributed by atoms with E-state index < -0.39 is 0 Å². The predicted molar refractivity (Wildman–Crippen MR) is 90.1 cm³/mol. The average Bonchev–Trinajstić information content (AvgIpc) is 2.52. The molecule has 2 rings (SSSR count). The lowest BCUT2D eigenvalue weighted by atomic mass is 10.1. The van der Waals surface area contributed by atoms with E-state index in [4.69, 9.17) is 0 Å². The van der Waals surface area contributed by atoms with Gasteiger partial charge in [-0.3, -0.25) is 0 Å². The van der Waals surface area contributed by atoms with Gasteiger partial charge in [0.25, 0.3) is 0 Å². The fourth-order valence-electron chi connectivity index (χ4n) is 1.91. The topological polar surface area (TPSA) is 12.0 Å². The number of nitrogens with one attached hydrogen (secondary N) is 1. The third-order valence-electron chi connectivity index (χ3n) is 3.27. The quantitative estimate of drug-likeness (QED) is 0.766. The average molecular weight is 283 g/mol. The molecule has 20 heavy (non-hydrogen) atoms. The van der Waals surface area contributed by atoms with E-state index in [1.807, 2.05) is 24.9 Å². The molecule has 0 spiro atoms. The lowest BCUT2D eigenvalue weighted by Gasteiger charge is -2.10. The van der Waals surface area contributed by atoms with Gasteiger partial charge in [-0.25, -0.2) is 0 Å². The number of benzene rings is 2. The molecule has 0 bridgehead atoms. The van der Waals surface area contributed by atoms with Crippen LogP contribution in [0.3, 0.4) is 0 Å². The molecule has 0 fully saturated rings. The minimum absolute atomic E-state index is 0.409. The van der Waals surface area contributed by atoms with Crippen LogP contribution in [0.2, 0.25) is 0 Å². The summed E-state index contributed by atoms with van der Waals surface area (Å²) in [7, 11) is 1.99. The van der Waals surface area contributed by atoms with E-state index in [0.29, 0.717) is 6.04 Å². The SMILES string of the molecule is CNC(C)c1ccc(SCC=Cc2ccccc2)cc1. The molecule has 0 radical (unpaired) electrons. The molecule has 0 heterocycles. The smallest absolute Gasteiger partial charge is 0.0289 e. The van der Waals surface area contributed by atoms with Crippen molar-refractivity contribution in [2.24, 2.45) is 0 Å². The first-order valence-electron chi connectivity index (χ1n) is 6.91. The summed E-state index contributed by atoms with van der Waals surface area (Å²) in [5, 5.41) is 3.25. The second kappa shape index (κ2) is 7.93. The molecule has 0 aromatic heterocycles. The second-order valence-corrected chi connectivity index (χ2v) is 5.80. The minimum Gasteiger partial charge on any atom is -0.313 e. The molecule has 0 aliphatic carbocycles. The highest BCUT2D eigenvalue weighted by Crippen LogP contribution is 2.21. The van der Waals surface area contributed by atoms with Gasteiger partial charge in [-0.2, -0.15) is 0 Å². The van der Waals surface area contributed by atoms with Crippen LogP contribution < -0.4 is 5.32 Å². The van der Waals surface area contributed by atoms with Gasteiger partial charge in [0.1, 0.15) is 0 Å². The monoisotopic (exact) mass is 283 g/mol. The van der Waals surface area contributed by atoms with Crippen LogP contribution in [-0.4, -0.2) is 12.8 Å². The van der Waals surface area contributed by atoms with Crippen molar-refractivity contribution >= 4 is 17.8 Å². The van der Waals surface area contributed by atoms with Gasteiger partial charge < -0.3 is 5.32 Å². The largest absolute Gasteiger partial charge is 0.313 e. The van der Waals surface area contributed by atoms with E-state index >= 15 is 0 Å². The first-order valence-corrected chi connectivity index (χ1v) is 7.90. The minimum atomic E-state index is 0.409. The maximum Gasteiger partial charge on any atom is 0.0289 e. The summed E-state index contributed by atoms with van der Waals surface area (Å²) >= 11 is 1.86. The zero-order valence-corrected chi connectivity index (χ0v) is 12.9. The lowest BCUT2D eigenvalue weighted by Crippen LogP contribution is -2.11. The van der Waals surface area contributed by atoms with E-state index in [1.54, 1.807) is 0 Å². The fourth-order valence-corrected chi connectivity index (χ4v) is 2.63. The molecule has 1 N–H and O–H groups in total. The number of rotatable bonds is 6. The summed E-state index contributed by atoms with van der Waals surface area (Å²) < 4.78 is 0. The lowest BCUT2D eigenvalue weighted by molar-refractivity contribution is 0.652. The Bertz CT molecular complexity index is 531. The fraction of sp³-hybridized carbons (Fsp3) is 0.222. The number of thioether (sulfide) groups is 1. The molecule has 2 aromatic carbocycles. The number of hydrogen-bond acceptors (Lipinski definition) is 2. The molecule has 1 atom stereocenters. The van der Waals surface area contributed by atoms with Crippen molar-refractivity contribution in [3.05, 3.63) is 71.8 Å². The first kappa shape index (κ1) is 14.9. The van der Waals surface area contributed by atoms with E-state index in [-0.39, 0.29) is 0 Å². The van der Waals surface area contributed by atoms with Crippen molar-refractivity contribution in [1.29, 1.82) is 0 Å². The normalized spacial score (nSPS) is 12.7. The van der Waals surface area contributed by atoms with Crippen LogP contribution >= 0.6 is 11.8 Å². The molecule has 2 aromatic rings. The van der Waals surface area contributed by atoms with Gasteiger partial charge in [-0.1, -0.05) is 54.6 Å². The van der Waals surface area contributed by atoms with Gasteiger partial charge in [0.15, 0.2) is 0 Å². The van der Waals surface area contributed by atoms with Gasteiger partial charge in [-0.15, -0.1) is 11.8 Å². The molecule has 1 nitrogen and oxygen atoms in total. The van der Waals surface area contributed by atoms with Crippen LogP contribution in [0.15, 0.2) is 65.6 Å². The van der Waals surface area contributed by atoms with Gasteiger partial charge in [0.05, 0.1) is 0 Å². The molecular formula is C18H21NS. The Balaban J connectivity index is 1.84. The zero-order valence-electron chi connectivity index (χ0n) is 12.0. The molecule has 0 saturated carbocycles. The molecule has 0 saturated heterocycles. The summed E-state index contributed by atoms with van der Waals surface area (Å²) in [5.41, 5.74) is 2.59. The Morgan fingerprint density at radius 3 is 2.40 bits per heavy atom. The summed E-state index contributed by atoms with van der Waals surface area (Å²) in [4.78, 5) is 1.31. The molecule has 0 amide bonds. The van der Waals surface area contributed by atoms with Crippen molar-refractivity contribution in [2.75, 3.05) is 12.8 Å². The third-order valence-corrected chi connectivity index (χ3v) is 4.23. The van der Waals surface area contributed by atoms with Crippen LogP contribution in [0, 0.1) is 0 Å². The number of hydrogen-bond donors (Lipinski definition) is 1. The predicted octanol–water partition coefficient (Wildman–Crippen LogP) is 4.77. The first-order chi connectivity index (χ1) is 9.79. The van der Waals surface area contributed by atoms with E-state index in [0.717, 1.165) is 5.75 Å². The summed E-state index contributed by atoms with van der Waals surface area (Å²) in [5.74, 6) is 0.996. The summed E-state index contributed by atoms with van der Waals surface area (Å²) in [6.07, 6.45) is 4.38. The summed E-state index contributed by atoms with van der Waals surface area (Å²) in [6.45, 7) is 2.17. The van der Waals surface area contributed by atoms with E-state index in [1.165, 1.54) is 16.0 Å². The molecule has 104 valence electrons. The highest BCUT2D eigenvalue weighted by Gasteiger charge is 2.01. The maximum atomic E-state index is 3.25. The van der Waals surface area contributed by atoms with Gasteiger partial charge in [0, 0.05) is 16.7 Å². The van der Waals surface area contributed by atoms with Crippen molar-refractivity contribution in [2.45, 2.75) is 17.9 Å². The molecular weight excluding hydrogens is 262 g/mol. The van der Waals surface area contributed by atoms with Crippen LogP contribution in [0.4, 0.5) is 0 Å². The molecule has 0 aliphatic heterocycles. The van der Waals surface area contributed by atoms with Gasteiger partial charge in [-0.05, 0) is 37.2 Å². The molecule has 0 aliphatic rings. The highest BCUT2D eigenvalue weighted by atomic mass is 32.2. The Hall–Kier alpha value is -1.51. The molecule has 2 heteroatoms. The van der Waals surface area contributed by atoms with Crippen LogP contribution in [0.1, 0.15) is 24.1 Å². The Morgan fingerprint density at radius 2 is 1.75 bits per heavy atom. The van der Waals surface area contributed by atoms with Crippen molar-refractivity contribution < 1.29 is 0 Å². The van der Waals surface area contributed by atoms with Crippen LogP contribution in [-0.2, 0) is 0 Å². The second-order valence-electron chi connectivity index (χ2n) is 4.70. The van der Waals surface area contributed by atoms with E-state index in [9.17, 15) is 0 Å². The Morgan fingerprint density at radius 1 is 1.05 bits per heavy atom. The van der Waals surface area contributed by atoms with Crippen molar-refractivity contribution in [3.8, 4) is 0 Å². The van der Waals surface area contributed by atoms with Crippen LogP contribution in [0.25, 0.3) is 6.08 Å². The van der Waals surface area contributed by atoms with Crippen molar-refractivity contribution in [1.82, 2.24) is 5.32 Å². The Labute approximate surface area is 126 Å². The molecule has 1 unspecified atom stereocenters. The van der Waals surface area contributed by atoms with Gasteiger partial charge in [0.2, 0.25) is 0 Å².